The van der Waals surface area contributed by atoms with E-state index < -0.39 is 0 Å². The lowest BCUT2D eigenvalue weighted by molar-refractivity contribution is -0.139. The SMILES string of the molecule is CCCN(C)C(=O)[C@H]1CC[C@H]2[C@@H]3CCc4ccccc4[C@H]3CC[C@]12C. The number of fused-ring (bicyclic) bond motifs is 5. The van der Waals surface area contributed by atoms with Crippen molar-refractivity contribution < 1.29 is 4.79 Å². The molecule has 0 aromatic heterocycles. The molecule has 1 aromatic carbocycles. The molecule has 3 aliphatic rings. The van der Waals surface area contributed by atoms with Crippen LogP contribution in [0.25, 0.3) is 0 Å². The van der Waals surface area contributed by atoms with E-state index in [1.165, 1.54) is 32.1 Å². The van der Waals surface area contributed by atoms with Crippen LogP contribution in [0.1, 0.15) is 69.4 Å². The average molecular weight is 340 g/mol. The van der Waals surface area contributed by atoms with Gasteiger partial charge in [0.05, 0.1) is 0 Å². The minimum absolute atomic E-state index is 0.229. The minimum Gasteiger partial charge on any atom is -0.346 e. The maximum atomic E-state index is 13.1. The van der Waals surface area contributed by atoms with Gasteiger partial charge in [-0.2, -0.15) is 0 Å². The lowest BCUT2D eigenvalue weighted by atomic mass is 9.54. The molecule has 0 bridgehead atoms. The summed E-state index contributed by atoms with van der Waals surface area (Å²) in [5.74, 6) is 2.95. The van der Waals surface area contributed by atoms with E-state index in [-0.39, 0.29) is 11.3 Å². The maximum absolute atomic E-state index is 13.1. The zero-order valence-electron chi connectivity index (χ0n) is 16.1. The summed E-state index contributed by atoms with van der Waals surface area (Å²) in [4.78, 5) is 15.1. The maximum Gasteiger partial charge on any atom is 0.225 e. The largest absolute Gasteiger partial charge is 0.346 e. The summed E-state index contributed by atoms with van der Waals surface area (Å²) in [5.41, 5.74) is 3.44. The molecule has 25 heavy (non-hydrogen) atoms. The Kier molecular flexibility index (Phi) is 4.42. The van der Waals surface area contributed by atoms with Crippen molar-refractivity contribution in [1.29, 1.82) is 0 Å². The van der Waals surface area contributed by atoms with Gasteiger partial charge in [-0.25, -0.2) is 0 Å². The Hall–Kier alpha value is -1.31. The zero-order chi connectivity index (χ0) is 17.6. The summed E-state index contributed by atoms with van der Waals surface area (Å²) in [6.07, 6.45) is 8.48. The van der Waals surface area contributed by atoms with Gasteiger partial charge in [0.25, 0.3) is 0 Å². The molecule has 1 amide bonds. The smallest absolute Gasteiger partial charge is 0.225 e. The summed E-state index contributed by atoms with van der Waals surface area (Å²) >= 11 is 0. The van der Waals surface area contributed by atoms with Gasteiger partial charge in [-0.3, -0.25) is 4.79 Å². The monoisotopic (exact) mass is 339 g/mol. The van der Waals surface area contributed by atoms with E-state index in [1.807, 2.05) is 11.9 Å². The molecular formula is C23H33NO. The van der Waals surface area contributed by atoms with Gasteiger partial charge in [0.2, 0.25) is 5.91 Å². The topological polar surface area (TPSA) is 20.3 Å². The Balaban J connectivity index is 1.59. The van der Waals surface area contributed by atoms with E-state index in [2.05, 4.69) is 38.1 Å². The number of rotatable bonds is 3. The fourth-order valence-corrected chi connectivity index (χ4v) is 6.64. The third kappa shape index (κ3) is 2.64. The first-order chi connectivity index (χ1) is 12.1. The number of amides is 1. The first kappa shape index (κ1) is 17.1. The van der Waals surface area contributed by atoms with Crippen LogP contribution in [0, 0.1) is 23.2 Å². The molecule has 136 valence electrons. The molecule has 0 spiro atoms. The van der Waals surface area contributed by atoms with Crippen molar-refractivity contribution in [1.82, 2.24) is 4.90 Å². The summed E-state index contributed by atoms with van der Waals surface area (Å²) in [6.45, 7) is 5.51. The molecule has 0 saturated heterocycles. The van der Waals surface area contributed by atoms with Crippen molar-refractivity contribution in [3.8, 4) is 0 Å². The summed E-state index contributed by atoms with van der Waals surface area (Å²) in [6, 6.07) is 9.12. The van der Waals surface area contributed by atoms with Crippen molar-refractivity contribution in [3.05, 3.63) is 35.4 Å². The highest BCUT2D eigenvalue weighted by atomic mass is 16.2. The molecule has 2 heteroatoms. The number of hydrogen-bond donors (Lipinski definition) is 0. The highest BCUT2D eigenvalue weighted by molar-refractivity contribution is 5.80. The predicted molar refractivity (Wildman–Crippen MR) is 102 cm³/mol. The van der Waals surface area contributed by atoms with E-state index >= 15 is 0 Å². The summed E-state index contributed by atoms with van der Waals surface area (Å²) in [7, 11) is 2.00. The first-order valence-electron chi connectivity index (χ1n) is 10.4. The number of nitrogens with zero attached hydrogens (tertiary/aromatic N) is 1. The molecule has 4 rings (SSSR count). The number of aryl methyl sites for hydroxylation is 1. The number of carbonyl (C=O) groups is 1. The van der Waals surface area contributed by atoms with Gasteiger partial charge >= 0.3 is 0 Å². The van der Waals surface area contributed by atoms with Gasteiger partial charge in [0.15, 0.2) is 0 Å². The Morgan fingerprint density at radius 1 is 1.20 bits per heavy atom. The summed E-state index contributed by atoms with van der Waals surface area (Å²) in [5, 5.41) is 0. The molecule has 0 radical (unpaired) electrons. The van der Waals surface area contributed by atoms with Gasteiger partial charge < -0.3 is 4.90 Å². The van der Waals surface area contributed by atoms with Crippen molar-refractivity contribution in [2.45, 2.75) is 64.7 Å². The fraction of sp³-hybridized carbons (Fsp3) is 0.696. The number of carbonyl (C=O) groups excluding carboxylic acids is 1. The Morgan fingerprint density at radius 3 is 2.80 bits per heavy atom. The van der Waals surface area contributed by atoms with E-state index in [9.17, 15) is 4.79 Å². The standard InChI is InChI=1S/C23H33NO/c1-4-15-24(3)22(25)21-12-11-20-19-10-9-16-7-5-6-8-17(16)18(19)13-14-23(20,21)2/h5-8,18-21H,4,9-15H2,1-3H3/t18-,19-,20+,21-,23+/m1/s1. The molecule has 2 fully saturated rings. The molecule has 1 aromatic rings. The molecule has 2 nitrogen and oxygen atoms in total. The van der Waals surface area contributed by atoms with Crippen LogP contribution >= 0.6 is 0 Å². The second kappa shape index (κ2) is 6.45. The minimum atomic E-state index is 0.229. The molecule has 3 aliphatic carbocycles. The van der Waals surface area contributed by atoms with Gasteiger partial charge in [0.1, 0.15) is 0 Å². The quantitative estimate of drug-likeness (QED) is 0.756. The van der Waals surface area contributed by atoms with E-state index in [1.54, 1.807) is 11.1 Å². The van der Waals surface area contributed by atoms with Crippen LogP contribution in [0.5, 0.6) is 0 Å². The van der Waals surface area contributed by atoms with E-state index in [0.29, 0.717) is 5.91 Å². The normalized spacial score (nSPS) is 36.3. The highest BCUT2D eigenvalue weighted by Crippen LogP contribution is 2.63. The second-order valence-electron chi connectivity index (χ2n) is 9.05. The average Bonchev–Trinajstić information content (AvgIpc) is 2.98. The lowest BCUT2D eigenvalue weighted by Gasteiger charge is -2.51. The molecule has 5 atom stereocenters. The molecule has 0 unspecified atom stereocenters. The van der Waals surface area contributed by atoms with Crippen LogP contribution in [0.3, 0.4) is 0 Å². The Labute approximate surface area is 153 Å². The molecule has 2 saturated carbocycles. The van der Waals surface area contributed by atoms with Gasteiger partial charge in [0, 0.05) is 19.5 Å². The van der Waals surface area contributed by atoms with Crippen LogP contribution < -0.4 is 0 Å². The van der Waals surface area contributed by atoms with Crippen molar-refractivity contribution >= 4 is 5.91 Å². The molecule has 0 N–H and O–H groups in total. The third-order valence-electron chi connectivity index (χ3n) is 7.87. The van der Waals surface area contributed by atoms with Crippen molar-refractivity contribution in [2.24, 2.45) is 23.2 Å². The third-order valence-corrected chi connectivity index (χ3v) is 7.87. The van der Waals surface area contributed by atoms with Crippen LogP contribution in [0.4, 0.5) is 0 Å². The lowest BCUT2D eigenvalue weighted by Crippen LogP contribution is -2.46. The Bertz CT molecular complexity index is 653. The van der Waals surface area contributed by atoms with Crippen LogP contribution in [-0.4, -0.2) is 24.4 Å². The fourth-order valence-electron chi connectivity index (χ4n) is 6.64. The number of benzene rings is 1. The number of hydrogen-bond acceptors (Lipinski definition) is 1. The second-order valence-corrected chi connectivity index (χ2v) is 9.05. The van der Waals surface area contributed by atoms with E-state index in [4.69, 9.17) is 0 Å². The van der Waals surface area contributed by atoms with Gasteiger partial charge in [-0.1, -0.05) is 38.1 Å². The van der Waals surface area contributed by atoms with Gasteiger partial charge in [-0.05, 0) is 79.2 Å². The predicted octanol–water partition coefficient (Wildman–Crippen LogP) is 5.03. The molecular weight excluding hydrogens is 306 g/mol. The zero-order valence-corrected chi connectivity index (χ0v) is 16.1. The van der Waals surface area contributed by atoms with Crippen LogP contribution in [0.15, 0.2) is 24.3 Å². The van der Waals surface area contributed by atoms with Crippen molar-refractivity contribution in [2.75, 3.05) is 13.6 Å². The summed E-state index contributed by atoms with van der Waals surface area (Å²) < 4.78 is 0. The van der Waals surface area contributed by atoms with Crippen LogP contribution in [-0.2, 0) is 11.2 Å². The van der Waals surface area contributed by atoms with Gasteiger partial charge in [-0.15, -0.1) is 0 Å². The molecule has 0 aliphatic heterocycles. The Morgan fingerprint density at radius 2 is 2.00 bits per heavy atom. The van der Waals surface area contributed by atoms with E-state index in [0.717, 1.165) is 37.1 Å². The highest BCUT2D eigenvalue weighted by Gasteiger charge is 2.56. The first-order valence-corrected chi connectivity index (χ1v) is 10.4. The molecule has 0 heterocycles. The van der Waals surface area contributed by atoms with Crippen LogP contribution in [0.2, 0.25) is 0 Å². The van der Waals surface area contributed by atoms with Crippen molar-refractivity contribution in [3.63, 3.8) is 0 Å².